The standard InChI is InChI=1S/C23H22N2O3/c1-25(2)23(26)15-7-9-20-17(11-15)18-13-16(8-10-21(18)27-20)24-22-12-14-5-3-4-6-19(14)28-22/h3-7,9,11-12,16,24H,8,10,13H2,1-2H3. The predicted octanol–water partition coefficient (Wildman–Crippen LogP) is 4.85. The highest BCUT2D eigenvalue weighted by Gasteiger charge is 2.25. The second kappa shape index (κ2) is 6.44. The Hall–Kier alpha value is -3.21. The minimum absolute atomic E-state index is 0.00427. The van der Waals surface area contributed by atoms with Gasteiger partial charge in [0.1, 0.15) is 16.9 Å². The number of fused-ring (bicyclic) bond motifs is 4. The lowest BCUT2D eigenvalue weighted by atomic mass is 9.91. The lowest BCUT2D eigenvalue weighted by Gasteiger charge is -2.22. The van der Waals surface area contributed by atoms with Crippen molar-refractivity contribution in [1.29, 1.82) is 0 Å². The molecule has 1 aliphatic carbocycles. The quantitative estimate of drug-likeness (QED) is 0.557. The van der Waals surface area contributed by atoms with E-state index in [4.69, 9.17) is 8.83 Å². The van der Waals surface area contributed by atoms with Crippen LogP contribution in [0, 0.1) is 0 Å². The number of benzene rings is 2. The number of amides is 1. The van der Waals surface area contributed by atoms with Crippen molar-refractivity contribution >= 4 is 33.7 Å². The number of furan rings is 2. The van der Waals surface area contributed by atoms with Crippen LogP contribution < -0.4 is 5.32 Å². The van der Waals surface area contributed by atoms with Crippen LogP contribution in [0.5, 0.6) is 0 Å². The van der Waals surface area contributed by atoms with Crippen molar-refractivity contribution in [3.8, 4) is 0 Å². The van der Waals surface area contributed by atoms with Crippen molar-refractivity contribution in [2.45, 2.75) is 25.3 Å². The molecule has 0 radical (unpaired) electrons. The molecule has 2 aromatic heterocycles. The predicted molar refractivity (Wildman–Crippen MR) is 110 cm³/mol. The maximum absolute atomic E-state index is 12.3. The van der Waals surface area contributed by atoms with E-state index in [0.29, 0.717) is 5.56 Å². The molecule has 2 aromatic carbocycles. The zero-order chi connectivity index (χ0) is 19.3. The fourth-order valence-corrected chi connectivity index (χ4v) is 4.05. The van der Waals surface area contributed by atoms with E-state index in [0.717, 1.165) is 52.8 Å². The molecule has 2 heterocycles. The van der Waals surface area contributed by atoms with Gasteiger partial charge in [-0.1, -0.05) is 18.2 Å². The highest BCUT2D eigenvalue weighted by molar-refractivity contribution is 5.98. The average molecular weight is 374 g/mol. The summed E-state index contributed by atoms with van der Waals surface area (Å²) in [4.78, 5) is 13.9. The molecular formula is C23H22N2O3. The van der Waals surface area contributed by atoms with Crippen molar-refractivity contribution in [3.63, 3.8) is 0 Å². The molecule has 0 fully saturated rings. The Labute approximate surface area is 162 Å². The summed E-state index contributed by atoms with van der Waals surface area (Å²) in [5.41, 5.74) is 3.63. The second-order valence-electron chi connectivity index (χ2n) is 7.65. The monoisotopic (exact) mass is 374 g/mol. The van der Waals surface area contributed by atoms with Crippen molar-refractivity contribution in [2.24, 2.45) is 0 Å². The number of nitrogens with one attached hydrogen (secondary N) is 1. The molecule has 1 N–H and O–H groups in total. The van der Waals surface area contributed by atoms with Gasteiger partial charge in [0.2, 0.25) is 0 Å². The lowest BCUT2D eigenvalue weighted by molar-refractivity contribution is 0.0828. The number of nitrogens with zero attached hydrogens (tertiary/aromatic N) is 1. The number of aryl methyl sites for hydroxylation is 1. The van der Waals surface area contributed by atoms with Gasteiger partial charge in [0.15, 0.2) is 5.88 Å². The Kier molecular flexibility index (Phi) is 3.90. The van der Waals surface area contributed by atoms with Gasteiger partial charge in [0.25, 0.3) is 5.91 Å². The van der Waals surface area contributed by atoms with Gasteiger partial charge in [-0.05, 0) is 37.1 Å². The molecule has 5 rings (SSSR count). The van der Waals surface area contributed by atoms with Crippen LogP contribution >= 0.6 is 0 Å². The SMILES string of the molecule is CN(C)C(=O)c1ccc2oc3c(c2c1)CC(Nc1cc2ccccc2o1)CC3. The van der Waals surface area contributed by atoms with E-state index in [2.05, 4.69) is 11.4 Å². The molecule has 0 spiro atoms. The van der Waals surface area contributed by atoms with E-state index in [1.54, 1.807) is 19.0 Å². The van der Waals surface area contributed by atoms with Gasteiger partial charge in [-0.2, -0.15) is 0 Å². The summed E-state index contributed by atoms with van der Waals surface area (Å²) < 4.78 is 12.0. The summed E-state index contributed by atoms with van der Waals surface area (Å²) in [6.07, 6.45) is 2.70. The fourth-order valence-electron chi connectivity index (χ4n) is 4.05. The molecule has 0 aliphatic heterocycles. The number of carbonyl (C=O) groups is 1. The van der Waals surface area contributed by atoms with Gasteiger partial charge in [-0.15, -0.1) is 0 Å². The van der Waals surface area contributed by atoms with Crippen LogP contribution in [-0.2, 0) is 12.8 Å². The zero-order valence-electron chi connectivity index (χ0n) is 16.0. The molecule has 28 heavy (non-hydrogen) atoms. The number of para-hydroxylation sites is 1. The van der Waals surface area contributed by atoms with Crippen LogP contribution in [-0.4, -0.2) is 30.9 Å². The molecule has 1 amide bonds. The van der Waals surface area contributed by atoms with Crippen LogP contribution in [0.15, 0.2) is 57.4 Å². The Morgan fingerprint density at radius 2 is 1.93 bits per heavy atom. The van der Waals surface area contributed by atoms with Gasteiger partial charge in [-0.25, -0.2) is 0 Å². The molecule has 4 aromatic rings. The highest BCUT2D eigenvalue weighted by Crippen LogP contribution is 2.34. The number of carbonyl (C=O) groups excluding carboxylic acids is 1. The smallest absolute Gasteiger partial charge is 0.253 e. The van der Waals surface area contributed by atoms with E-state index in [1.165, 1.54) is 5.56 Å². The Morgan fingerprint density at radius 1 is 1.07 bits per heavy atom. The van der Waals surface area contributed by atoms with E-state index in [-0.39, 0.29) is 11.9 Å². The molecule has 1 aliphatic rings. The molecule has 5 nitrogen and oxygen atoms in total. The first kappa shape index (κ1) is 16.9. The number of hydrogen-bond acceptors (Lipinski definition) is 4. The maximum Gasteiger partial charge on any atom is 0.253 e. The van der Waals surface area contributed by atoms with Crippen molar-refractivity contribution < 1.29 is 13.6 Å². The zero-order valence-corrected chi connectivity index (χ0v) is 16.0. The van der Waals surface area contributed by atoms with Gasteiger partial charge in [0.05, 0.1) is 0 Å². The largest absolute Gasteiger partial charge is 0.461 e. The van der Waals surface area contributed by atoms with Crippen LogP contribution in [0.2, 0.25) is 0 Å². The van der Waals surface area contributed by atoms with Crippen molar-refractivity contribution in [2.75, 3.05) is 19.4 Å². The first-order valence-corrected chi connectivity index (χ1v) is 9.59. The number of anilines is 1. The topological polar surface area (TPSA) is 58.6 Å². The molecule has 0 bridgehead atoms. The first-order chi connectivity index (χ1) is 13.6. The first-order valence-electron chi connectivity index (χ1n) is 9.59. The minimum atomic E-state index is 0.00427. The Morgan fingerprint density at radius 3 is 2.75 bits per heavy atom. The van der Waals surface area contributed by atoms with Gasteiger partial charge in [-0.3, -0.25) is 4.79 Å². The number of hydrogen-bond donors (Lipinski definition) is 1. The summed E-state index contributed by atoms with van der Waals surface area (Å²) >= 11 is 0. The summed E-state index contributed by atoms with van der Waals surface area (Å²) in [5.74, 6) is 1.84. The lowest BCUT2D eigenvalue weighted by Crippen LogP contribution is -2.26. The van der Waals surface area contributed by atoms with Gasteiger partial charge in [0, 0.05) is 54.5 Å². The summed E-state index contributed by atoms with van der Waals surface area (Å²) in [7, 11) is 3.54. The normalized spacial score (nSPS) is 16.3. The molecule has 0 saturated heterocycles. The summed E-state index contributed by atoms with van der Waals surface area (Å²) in [5, 5.41) is 5.68. The third-order valence-corrected chi connectivity index (χ3v) is 5.47. The summed E-state index contributed by atoms with van der Waals surface area (Å²) in [6, 6.07) is 16.0. The third kappa shape index (κ3) is 2.83. The van der Waals surface area contributed by atoms with Crippen LogP contribution in [0.25, 0.3) is 21.9 Å². The van der Waals surface area contributed by atoms with Crippen LogP contribution in [0.1, 0.15) is 28.1 Å². The van der Waals surface area contributed by atoms with Crippen molar-refractivity contribution in [3.05, 3.63) is 65.4 Å². The minimum Gasteiger partial charge on any atom is -0.461 e. The third-order valence-electron chi connectivity index (χ3n) is 5.47. The van der Waals surface area contributed by atoms with Gasteiger partial charge >= 0.3 is 0 Å². The van der Waals surface area contributed by atoms with Crippen LogP contribution in [0.3, 0.4) is 0 Å². The fraction of sp³-hybridized carbons (Fsp3) is 0.261. The van der Waals surface area contributed by atoms with Crippen molar-refractivity contribution in [1.82, 2.24) is 4.90 Å². The number of rotatable bonds is 3. The molecule has 5 heteroatoms. The van der Waals surface area contributed by atoms with Crippen LogP contribution in [0.4, 0.5) is 5.88 Å². The van der Waals surface area contributed by atoms with Gasteiger partial charge < -0.3 is 19.1 Å². The second-order valence-corrected chi connectivity index (χ2v) is 7.65. The molecular weight excluding hydrogens is 352 g/mol. The summed E-state index contributed by atoms with van der Waals surface area (Å²) in [6.45, 7) is 0. The Bertz CT molecular complexity index is 1150. The Balaban J connectivity index is 1.44. The van der Waals surface area contributed by atoms with E-state index in [1.807, 2.05) is 42.5 Å². The van der Waals surface area contributed by atoms with E-state index < -0.39 is 0 Å². The highest BCUT2D eigenvalue weighted by atomic mass is 16.4. The molecule has 1 atom stereocenters. The molecule has 0 saturated carbocycles. The molecule has 1 unspecified atom stereocenters. The maximum atomic E-state index is 12.3. The van der Waals surface area contributed by atoms with E-state index >= 15 is 0 Å². The van der Waals surface area contributed by atoms with E-state index in [9.17, 15) is 4.79 Å². The average Bonchev–Trinajstić information content (AvgIpc) is 3.27. The molecule has 142 valence electrons.